The number of carbonyl (C=O) groups excluding carboxylic acids is 3. The minimum absolute atomic E-state index is 0.0161. The van der Waals surface area contributed by atoms with E-state index in [4.69, 9.17) is 4.74 Å². The van der Waals surface area contributed by atoms with E-state index in [2.05, 4.69) is 5.32 Å². The minimum Gasteiger partial charge on any atom is -0.360 e. The van der Waals surface area contributed by atoms with Crippen molar-refractivity contribution in [2.24, 2.45) is 11.8 Å². The first-order chi connectivity index (χ1) is 13.0. The summed E-state index contributed by atoms with van der Waals surface area (Å²) in [4.78, 5) is 41.2. The van der Waals surface area contributed by atoms with Crippen LogP contribution in [0.3, 0.4) is 0 Å². The van der Waals surface area contributed by atoms with Crippen molar-refractivity contribution >= 4 is 17.7 Å². The van der Waals surface area contributed by atoms with Crippen LogP contribution in [0.1, 0.15) is 39.0 Å². The van der Waals surface area contributed by atoms with Crippen LogP contribution in [-0.4, -0.2) is 72.0 Å². The largest absolute Gasteiger partial charge is 0.360 e. The van der Waals surface area contributed by atoms with Crippen molar-refractivity contribution < 1.29 is 19.1 Å². The molecule has 7 heteroatoms. The van der Waals surface area contributed by atoms with Gasteiger partial charge in [-0.05, 0) is 12.8 Å². The molecule has 4 atom stereocenters. The molecule has 4 heterocycles. The molecule has 4 aliphatic heterocycles. The van der Waals surface area contributed by atoms with Gasteiger partial charge in [-0.3, -0.25) is 14.4 Å². The number of hydrogen-bond acceptors (Lipinski definition) is 4. The Bertz CT molecular complexity index is 656. The van der Waals surface area contributed by atoms with Crippen molar-refractivity contribution in [3.05, 3.63) is 12.2 Å². The SMILES string of the molecule is CC(=O)NCCN1C[C@]23C=C[C@H](O2)[C@@H](C(=O)N2CCCCCCC2)[C@H]3C1=O. The summed E-state index contributed by atoms with van der Waals surface area (Å²) in [7, 11) is 0. The monoisotopic (exact) mass is 375 g/mol. The number of nitrogens with zero attached hydrogens (tertiary/aromatic N) is 2. The fraction of sp³-hybridized carbons (Fsp3) is 0.750. The summed E-state index contributed by atoms with van der Waals surface area (Å²) in [5.74, 6) is -0.884. The van der Waals surface area contributed by atoms with E-state index in [1.807, 2.05) is 17.1 Å². The third kappa shape index (κ3) is 3.26. The van der Waals surface area contributed by atoms with Gasteiger partial charge in [0.25, 0.3) is 0 Å². The number of amides is 3. The smallest absolute Gasteiger partial charge is 0.230 e. The van der Waals surface area contributed by atoms with Crippen LogP contribution in [0.15, 0.2) is 12.2 Å². The minimum atomic E-state index is -0.666. The maximum atomic E-state index is 13.3. The molecule has 0 aliphatic carbocycles. The molecule has 0 aromatic carbocycles. The van der Waals surface area contributed by atoms with Gasteiger partial charge in [-0.1, -0.05) is 31.4 Å². The van der Waals surface area contributed by atoms with Gasteiger partial charge < -0.3 is 19.9 Å². The standard InChI is InChI=1S/C20H29N3O4/c1-14(24)21-9-12-23-13-20-8-7-15(27-20)16(17(20)19(23)26)18(25)22-10-5-3-2-4-6-11-22/h7-8,15-17H,2-6,9-13H2,1H3,(H,21,24)/t15-,16+,17-,20-/m0/s1. The van der Waals surface area contributed by atoms with Gasteiger partial charge in [0, 0.05) is 33.1 Å². The number of nitrogens with one attached hydrogen (secondary N) is 1. The topological polar surface area (TPSA) is 79.0 Å². The van der Waals surface area contributed by atoms with Gasteiger partial charge in [0.1, 0.15) is 5.60 Å². The summed E-state index contributed by atoms with van der Waals surface area (Å²) in [5.41, 5.74) is -0.666. The first kappa shape index (κ1) is 18.5. The van der Waals surface area contributed by atoms with Crippen molar-refractivity contribution in [1.29, 1.82) is 0 Å². The van der Waals surface area contributed by atoms with E-state index in [0.717, 1.165) is 38.8 Å². The van der Waals surface area contributed by atoms with Crippen molar-refractivity contribution in [1.82, 2.24) is 15.1 Å². The lowest BCUT2D eigenvalue weighted by Gasteiger charge is -2.31. The molecule has 0 saturated carbocycles. The van der Waals surface area contributed by atoms with Crippen LogP contribution in [0.5, 0.6) is 0 Å². The summed E-state index contributed by atoms with van der Waals surface area (Å²) < 4.78 is 6.18. The zero-order valence-corrected chi connectivity index (χ0v) is 16.0. The Hall–Kier alpha value is -1.89. The fourth-order valence-corrected chi connectivity index (χ4v) is 5.10. The first-order valence-corrected chi connectivity index (χ1v) is 10.2. The summed E-state index contributed by atoms with van der Waals surface area (Å²) in [6.07, 6.45) is 9.31. The van der Waals surface area contributed by atoms with Crippen LogP contribution in [0.4, 0.5) is 0 Å². The quantitative estimate of drug-likeness (QED) is 0.734. The van der Waals surface area contributed by atoms with Crippen LogP contribution in [0, 0.1) is 11.8 Å². The van der Waals surface area contributed by atoms with Gasteiger partial charge in [0.15, 0.2) is 0 Å². The van der Waals surface area contributed by atoms with E-state index in [9.17, 15) is 14.4 Å². The Morgan fingerprint density at radius 3 is 2.63 bits per heavy atom. The highest BCUT2D eigenvalue weighted by molar-refractivity contribution is 5.93. The van der Waals surface area contributed by atoms with Crippen molar-refractivity contribution in [2.45, 2.75) is 50.7 Å². The molecule has 0 unspecified atom stereocenters. The second-order valence-corrected chi connectivity index (χ2v) is 8.24. The average molecular weight is 375 g/mol. The van der Waals surface area contributed by atoms with Gasteiger partial charge in [0.2, 0.25) is 17.7 Å². The molecule has 1 N–H and O–H groups in total. The van der Waals surface area contributed by atoms with E-state index < -0.39 is 17.4 Å². The van der Waals surface area contributed by atoms with Gasteiger partial charge in [-0.2, -0.15) is 0 Å². The van der Waals surface area contributed by atoms with Gasteiger partial charge in [-0.25, -0.2) is 0 Å². The molecule has 27 heavy (non-hydrogen) atoms. The van der Waals surface area contributed by atoms with Gasteiger partial charge in [0.05, 0.1) is 24.5 Å². The Kier molecular flexibility index (Phi) is 4.97. The van der Waals surface area contributed by atoms with Crippen LogP contribution >= 0.6 is 0 Å². The Morgan fingerprint density at radius 2 is 1.93 bits per heavy atom. The van der Waals surface area contributed by atoms with E-state index >= 15 is 0 Å². The second-order valence-electron chi connectivity index (χ2n) is 8.24. The third-order valence-electron chi connectivity index (χ3n) is 6.39. The molecule has 1 spiro atoms. The van der Waals surface area contributed by atoms with Crippen molar-refractivity contribution in [3.8, 4) is 0 Å². The molecule has 148 valence electrons. The number of fused-ring (bicyclic) bond motifs is 1. The lowest BCUT2D eigenvalue weighted by atomic mass is 9.76. The predicted molar refractivity (Wildman–Crippen MR) is 98.7 cm³/mol. The van der Waals surface area contributed by atoms with E-state index in [1.54, 1.807) is 4.90 Å². The number of rotatable bonds is 4. The van der Waals surface area contributed by atoms with Gasteiger partial charge in [-0.15, -0.1) is 0 Å². The third-order valence-corrected chi connectivity index (χ3v) is 6.39. The summed E-state index contributed by atoms with van der Waals surface area (Å²) >= 11 is 0. The lowest BCUT2D eigenvalue weighted by molar-refractivity contribution is -0.143. The summed E-state index contributed by atoms with van der Waals surface area (Å²) in [6, 6.07) is 0. The predicted octanol–water partition coefficient (Wildman–Crippen LogP) is 0.697. The molecule has 2 bridgehead atoms. The summed E-state index contributed by atoms with van der Waals surface area (Å²) in [5, 5.41) is 2.73. The molecular formula is C20H29N3O4. The highest BCUT2D eigenvalue weighted by Gasteiger charge is 2.67. The highest BCUT2D eigenvalue weighted by Crippen LogP contribution is 2.52. The Morgan fingerprint density at radius 1 is 1.22 bits per heavy atom. The molecule has 0 aromatic heterocycles. The zero-order valence-electron chi connectivity index (χ0n) is 16.0. The van der Waals surface area contributed by atoms with Crippen LogP contribution in [0.25, 0.3) is 0 Å². The van der Waals surface area contributed by atoms with Crippen LogP contribution in [-0.2, 0) is 19.1 Å². The van der Waals surface area contributed by atoms with Crippen LogP contribution in [0.2, 0.25) is 0 Å². The molecule has 3 amide bonds. The molecular weight excluding hydrogens is 346 g/mol. The maximum Gasteiger partial charge on any atom is 0.230 e. The Labute approximate surface area is 160 Å². The van der Waals surface area contributed by atoms with Gasteiger partial charge >= 0.3 is 0 Å². The maximum absolute atomic E-state index is 13.3. The number of ether oxygens (including phenoxy) is 1. The van der Waals surface area contributed by atoms with E-state index in [-0.39, 0.29) is 23.8 Å². The van der Waals surface area contributed by atoms with Crippen molar-refractivity contribution in [2.75, 3.05) is 32.7 Å². The van der Waals surface area contributed by atoms with E-state index in [0.29, 0.717) is 19.6 Å². The normalized spacial score (nSPS) is 35.1. The molecule has 3 saturated heterocycles. The van der Waals surface area contributed by atoms with Crippen molar-refractivity contribution in [3.63, 3.8) is 0 Å². The highest BCUT2D eigenvalue weighted by atomic mass is 16.5. The fourth-order valence-electron chi connectivity index (χ4n) is 5.10. The Balaban J connectivity index is 1.48. The summed E-state index contributed by atoms with van der Waals surface area (Å²) in [6.45, 7) is 4.36. The van der Waals surface area contributed by atoms with E-state index in [1.165, 1.54) is 13.3 Å². The molecule has 7 nitrogen and oxygen atoms in total. The second kappa shape index (κ2) is 7.26. The molecule has 4 rings (SSSR count). The lowest BCUT2D eigenvalue weighted by Crippen LogP contribution is -2.47. The van der Waals surface area contributed by atoms with Crippen LogP contribution < -0.4 is 5.32 Å². The molecule has 4 aliphatic rings. The molecule has 3 fully saturated rings. The molecule has 0 aromatic rings. The number of carbonyl (C=O) groups is 3. The molecule has 0 radical (unpaired) electrons. The number of hydrogen-bond donors (Lipinski definition) is 1. The zero-order chi connectivity index (χ0) is 19.0. The average Bonchev–Trinajstić information content (AvgIpc) is 3.22. The number of likely N-dealkylation sites (tertiary alicyclic amines) is 2. The first-order valence-electron chi connectivity index (χ1n) is 10.2.